The van der Waals surface area contributed by atoms with E-state index in [1.54, 1.807) is 18.4 Å². The van der Waals surface area contributed by atoms with Gasteiger partial charge in [0.15, 0.2) is 0 Å². The number of hydrogen-bond donors (Lipinski definition) is 1. The topological polar surface area (TPSA) is 50.2 Å². The molecule has 1 aromatic carbocycles. The fourth-order valence-corrected chi connectivity index (χ4v) is 5.37. The monoisotopic (exact) mass is 382 g/mol. The molecule has 1 aliphatic heterocycles. The zero-order chi connectivity index (χ0) is 19.0. The minimum atomic E-state index is 0.0267. The SMILES string of the molecule is CNC(=O)c1sc2ccccc2c1C[C@H]1CCCN1Cc1cn(C)nc1C. The molecule has 0 saturated carbocycles. The van der Waals surface area contributed by atoms with Gasteiger partial charge in [-0.15, -0.1) is 11.3 Å². The molecular formula is C21H26N4OS. The zero-order valence-electron chi connectivity index (χ0n) is 16.2. The number of thiophene rings is 1. The normalized spacial score (nSPS) is 17.7. The van der Waals surface area contributed by atoms with Crippen LogP contribution in [0.5, 0.6) is 0 Å². The van der Waals surface area contributed by atoms with Gasteiger partial charge in [-0.25, -0.2) is 0 Å². The second-order valence-electron chi connectivity index (χ2n) is 7.37. The molecule has 0 bridgehead atoms. The molecule has 6 heteroatoms. The lowest BCUT2D eigenvalue weighted by molar-refractivity contribution is 0.0966. The summed E-state index contributed by atoms with van der Waals surface area (Å²) < 4.78 is 3.09. The standard InChI is InChI=1S/C21H26N4OS/c1-14-15(12-24(3)23-14)13-25-10-6-7-16(25)11-18-17-8-4-5-9-19(17)27-20(18)21(26)22-2/h4-5,8-9,12,16H,6-7,10-11,13H2,1-3H3,(H,22,26)/t16-/m1/s1. The van der Waals surface area contributed by atoms with Crippen LogP contribution in [0.1, 0.15) is 39.3 Å². The maximum atomic E-state index is 12.5. The summed E-state index contributed by atoms with van der Waals surface area (Å²) in [6.45, 7) is 4.12. The highest BCUT2D eigenvalue weighted by atomic mass is 32.1. The van der Waals surface area contributed by atoms with Crippen molar-refractivity contribution in [3.05, 3.63) is 52.2 Å². The highest BCUT2D eigenvalue weighted by Gasteiger charge is 2.28. The van der Waals surface area contributed by atoms with Crippen LogP contribution >= 0.6 is 11.3 Å². The van der Waals surface area contributed by atoms with Crippen molar-refractivity contribution in [3.8, 4) is 0 Å². The average Bonchev–Trinajstić information content (AvgIpc) is 3.34. The number of likely N-dealkylation sites (tertiary alicyclic amines) is 1. The number of benzene rings is 1. The van der Waals surface area contributed by atoms with Crippen molar-refractivity contribution in [3.63, 3.8) is 0 Å². The van der Waals surface area contributed by atoms with E-state index in [0.717, 1.165) is 30.1 Å². The van der Waals surface area contributed by atoms with E-state index in [2.05, 4.69) is 46.6 Å². The molecule has 3 aromatic rings. The molecule has 0 aliphatic carbocycles. The number of aromatic nitrogens is 2. The van der Waals surface area contributed by atoms with Gasteiger partial charge in [0, 0.05) is 43.1 Å². The Morgan fingerprint density at radius 3 is 2.93 bits per heavy atom. The number of rotatable bonds is 5. The summed E-state index contributed by atoms with van der Waals surface area (Å²) in [5, 5.41) is 8.52. The molecule has 3 heterocycles. The van der Waals surface area contributed by atoms with Crippen LogP contribution in [0.2, 0.25) is 0 Å². The van der Waals surface area contributed by atoms with E-state index in [1.165, 1.54) is 34.1 Å². The molecule has 5 nitrogen and oxygen atoms in total. The Morgan fingerprint density at radius 1 is 1.37 bits per heavy atom. The van der Waals surface area contributed by atoms with Crippen LogP contribution in [0.25, 0.3) is 10.1 Å². The highest BCUT2D eigenvalue weighted by molar-refractivity contribution is 7.21. The largest absolute Gasteiger partial charge is 0.354 e. The first-order valence-electron chi connectivity index (χ1n) is 9.52. The van der Waals surface area contributed by atoms with Gasteiger partial charge in [-0.3, -0.25) is 14.4 Å². The van der Waals surface area contributed by atoms with E-state index in [1.807, 2.05) is 17.8 Å². The van der Waals surface area contributed by atoms with Gasteiger partial charge in [-0.05, 0) is 49.7 Å². The lowest BCUT2D eigenvalue weighted by Gasteiger charge is -2.24. The molecule has 0 radical (unpaired) electrons. The van der Waals surface area contributed by atoms with E-state index in [-0.39, 0.29) is 5.91 Å². The quantitative estimate of drug-likeness (QED) is 0.735. The first-order valence-corrected chi connectivity index (χ1v) is 10.3. The van der Waals surface area contributed by atoms with Crippen molar-refractivity contribution in [2.45, 2.75) is 38.8 Å². The van der Waals surface area contributed by atoms with Crippen molar-refractivity contribution < 1.29 is 4.79 Å². The van der Waals surface area contributed by atoms with E-state index in [9.17, 15) is 4.79 Å². The highest BCUT2D eigenvalue weighted by Crippen LogP contribution is 2.34. The Labute approximate surface area is 164 Å². The van der Waals surface area contributed by atoms with E-state index in [0.29, 0.717) is 6.04 Å². The minimum Gasteiger partial charge on any atom is -0.354 e. The number of carbonyl (C=O) groups is 1. The van der Waals surface area contributed by atoms with Crippen molar-refractivity contribution in [1.82, 2.24) is 20.0 Å². The maximum Gasteiger partial charge on any atom is 0.261 e. The third-order valence-electron chi connectivity index (χ3n) is 5.56. The van der Waals surface area contributed by atoms with Gasteiger partial charge >= 0.3 is 0 Å². The molecule has 27 heavy (non-hydrogen) atoms. The summed E-state index contributed by atoms with van der Waals surface area (Å²) in [5.41, 5.74) is 3.61. The van der Waals surface area contributed by atoms with Crippen LogP contribution in [0, 0.1) is 6.92 Å². The second kappa shape index (κ2) is 7.44. The lowest BCUT2D eigenvalue weighted by Crippen LogP contribution is -2.31. The first-order chi connectivity index (χ1) is 13.1. The van der Waals surface area contributed by atoms with Gasteiger partial charge in [0.1, 0.15) is 0 Å². The Hall–Kier alpha value is -2.18. The van der Waals surface area contributed by atoms with Crippen LogP contribution in [0.4, 0.5) is 0 Å². The fraction of sp³-hybridized carbons (Fsp3) is 0.429. The Balaban J connectivity index is 1.62. The molecule has 1 saturated heterocycles. The van der Waals surface area contributed by atoms with Gasteiger partial charge in [0.2, 0.25) is 0 Å². The number of fused-ring (bicyclic) bond motifs is 1. The lowest BCUT2D eigenvalue weighted by atomic mass is 10.00. The van der Waals surface area contributed by atoms with Crippen LogP contribution in [0.15, 0.2) is 30.5 Å². The molecule has 0 unspecified atom stereocenters. The predicted octanol–water partition coefficient (Wildman–Crippen LogP) is 3.51. The van der Waals surface area contributed by atoms with Crippen molar-refractivity contribution >= 4 is 27.3 Å². The van der Waals surface area contributed by atoms with E-state index in [4.69, 9.17) is 0 Å². The van der Waals surface area contributed by atoms with Crippen molar-refractivity contribution in [2.24, 2.45) is 7.05 Å². The molecule has 1 atom stereocenters. The van der Waals surface area contributed by atoms with Crippen LogP contribution in [-0.4, -0.2) is 40.2 Å². The summed E-state index contributed by atoms with van der Waals surface area (Å²) in [7, 11) is 3.69. The summed E-state index contributed by atoms with van der Waals surface area (Å²) in [6, 6.07) is 8.84. The Morgan fingerprint density at radius 2 is 2.19 bits per heavy atom. The fourth-order valence-electron chi connectivity index (χ4n) is 4.19. The summed E-state index contributed by atoms with van der Waals surface area (Å²) in [5.74, 6) is 0.0267. The van der Waals surface area contributed by atoms with Crippen LogP contribution in [-0.2, 0) is 20.0 Å². The van der Waals surface area contributed by atoms with Crippen LogP contribution < -0.4 is 5.32 Å². The number of carbonyl (C=O) groups excluding carboxylic acids is 1. The third-order valence-corrected chi connectivity index (χ3v) is 6.77. The molecule has 2 aromatic heterocycles. The van der Waals surface area contributed by atoms with Crippen molar-refractivity contribution in [1.29, 1.82) is 0 Å². The first kappa shape index (κ1) is 18.2. The summed E-state index contributed by atoms with van der Waals surface area (Å²) in [4.78, 5) is 15.9. The number of hydrogen-bond acceptors (Lipinski definition) is 4. The van der Waals surface area contributed by atoms with Crippen molar-refractivity contribution in [2.75, 3.05) is 13.6 Å². The van der Waals surface area contributed by atoms with Gasteiger partial charge in [-0.1, -0.05) is 18.2 Å². The molecule has 142 valence electrons. The maximum absolute atomic E-state index is 12.5. The molecule has 1 N–H and O–H groups in total. The average molecular weight is 383 g/mol. The second-order valence-corrected chi connectivity index (χ2v) is 8.42. The van der Waals surface area contributed by atoms with Gasteiger partial charge < -0.3 is 5.32 Å². The molecule has 0 spiro atoms. The van der Waals surface area contributed by atoms with Gasteiger partial charge in [-0.2, -0.15) is 5.10 Å². The number of nitrogens with one attached hydrogen (secondary N) is 1. The Kier molecular flexibility index (Phi) is 5.02. The molecular weight excluding hydrogens is 356 g/mol. The van der Waals surface area contributed by atoms with E-state index >= 15 is 0 Å². The number of nitrogens with zero attached hydrogens (tertiary/aromatic N) is 3. The van der Waals surface area contributed by atoms with Gasteiger partial charge in [0.05, 0.1) is 10.6 Å². The number of aryl methyl sites for hydroxylation is 2. The molecule has 1 amide bonds. The zero-order valence-corrected chi connectivity index (χ0v) is 17.0. The van der Waals surface area contributed by atoms with E-state index < -0.39 is 0 Å². The number of amides is 1. The minimum absolute atomic E-state index is 0.0267. The predicted molar refractivity (Wildman–Crippen MR) is 110 cm³/mol. The summed E-state index contributed by atoms with van der Waals surface area (Å²) >= 11 is 1.61. The van der Waals surface area contributed by atoms with Crippen LogP contribution in [0.3, 0.4) is 0 Å². The summed E-state index contributed by atoms with van der Waals surface area (Å²) in [6.07, 6.45) is 5.44. The molecule has 1 fully saturated rings. The third kappa shape index (κ3) is 3.51. The smallest absolute Gasteiger partial charge is 0.261 e. The Bertz CT molecular complexity index is 974. The molecule has 1 aliphatic rings. The van der Waals surface area contributed by atoms with Gasteiger partial charge in [0.25, 0.3) is 5.91 Å². The molecule has 4 rings (SSSR count).